The van der Waals surface area contributed by atoms with Crippen LogP contribution < -0.4 is 20.7 Å². The van der Waals surface area contributed by atoms with E-state index in [-0.39, 0.29) is 17.9 Å². The molecule has 0 amide bonds. The Bertz CT molecular complexity index is 1150. The number of halogens is 1. The molecule has 1 N–H and O–H groups in total. The first-order valence-electron chi connectivity index (χ1n) is 13.0. The Morgan fingerprint density at radius 3 is 1.63 bits per heavy atom. The summed E-state index contributed by atoms with van der Waals surface area (Å²) < 4.78 is 12.7. The average molecular weight is 593 g/mol. The second kappa shape index (κ2) is 13.0. The summed E-state index contributed by atoms with van der Waals surface area (Å²) in [6, 6.07) is 39.9. The maximum atomic E-state index is 11.9. The molecule has 0 spiro atoms. The molecule has 4 rings (SSSR count). The zero-order valence-corrected chi connectivity index (χ0v) is 24.8. The standard InChI is InChI=1S/C33H37BrO3P/c1-26(32(35)23-33(2,3)24-36-25-37-28-21-19-27(34)20-22-28)38(29-13-7-4-8-14-29,30-15-9-5-10-16-30)31-17-11-6-12-18-31/h4-22,26,32,35H,23-25H2,1-3H3/q+1/t26-,32+/m1/s1. The lowest BCUT2D eigenvalue weighted by Crippen LogP contribution is -2.44. The fourth-order valence-electron chi connectivity index (χ4n) is 5.15. The number of rotatable bonds is 12. The van der Waals surface area contributed by atoms with Gasteiger partial charge in [0.05, 0.1) is 12.7 Å². The van der Waals surface area contributed by atoms with Gasteiger partial charge in [-0.05, 0) is 79.4 Å². The van der Waals surface area contributed by atoms with Crippen LogP contribution >= 0.6 is 23.2 Å². The van der Waals surface area contributed by atoms with E-state index in [1.54, 1.807) is 0 Å². The number of hydrogen-bond acceptors (Lipinski definition) is 3. The molecule has 0 radical (unpaired) electrons. The fourth-order valence-corrected chi connectivity index (χ4v) is 10.3. The van der Waals surface area contributed by atoms with E-state index in [1.807, 2.05) is 24.3 Å². The summed E-state index contributed by atoms with van der Waals surface area (Å²) in [5.41, 5.74) is -0.246. The van der Waals surface area contributed by atoms with Gasteiger partial charge in [0.15, 0.2) is 6.79 Å². The van der Waals surface area contributed by atoms with Crippen molar-refractivity contribution < 1.29 is 14.6 Å². The lowest BCUT2D eigenvalue weighted by atomic mass is 9.87. The number of aliphatic hydroxyl groups is 1. The number of benzene rings is 4. The van der Waals surface area contributed by atoms with Crippen molar-refractivity contribution in [2.24, 2.45) is 5.41 Å². The highest BCUT2D eigenvalue weighted by Gasteiger charge is 2.53. The smallest absolute Gasteiger partial charge is 0.189 e. The van der Waals surface area contributed by atoms with Gasteiger partial charge in [-0.25, -0.2) is 0 Å². The minimum absolute atomic E-state index is 0.00649. The first-order chi connectivity index (χ1) is 18.3. The first kappa shape index (κ1) is 28.5. The van der Waals surface area contributed by atoms with Crippen LogP contribution in [0, 0.1) is 5.41 Å². The van der Waals surface area contributed by atoms with Crippen molar-refractivity contribution in [2.75, 3.05) is 13.4 Å². The lowest BCUT2D eigenvalue weighted by Gasteiger charge is -2.37. The van der Waals surface area contributed by atoms with Crippen molar-refractivity contribution in [2.45, 2.75) is 39.0 Å². The summed E-state index contributed by atoms with van der Waals surface area (Å²) in [6.07, 6.45) is 0.0793. The van der Waals surface area contributed by atoms with Crippen LogP contribution in [0.25, 0.3) is 0 Å². The molecule has 4 aromatic rings. The highest BCUT2D eigenvalue weighted by Crippen LogP contribution is 2.61. The molecule has 2 atom stereocenters. The molecular weight excluding hydrogens is 555 g/mol. The maximum Gasteiger partial charge on any atom is 0.189 e. The first-order valence-corrected chi connectivity index (χ1v) is 15.7. The van der Waals surface area contributed by atoms with Gasteiger partial charge < -0.3 is 14.6 Å². The van der Waals surface area contributed by atoms with E-state index < -0.39 is 13.4 Å². The fraction of sp³-hybridized carbons (Fsp3) is 0.273. The van der Waals surface area contributed by atoms with Gasteiger partial charge in [0.2, 0.25) is 0 Å². The molecular formula is C33H37BrO3P+. The Morgan fingerprint density at radius 2 is 1.18 bits per heavy atom. The number of aliphatic hydroxyl groups excluding tert-OH is 1. The monoisotopic (exact) mass is 591 g/mol. The minimum atomic E-state index is -2.18. The van der Waals surface area contributed by atoms with Crippen LogP contribution in [0.5, 0.6) is 5.75 Å². The van der Waals surface area contributed by atoms with E-state index in [4.69, 9.17) is 9.47 Å². The van der Waals surface area contributed by atoms with Gasteiger partial charge >= 0.3 is 0 Å². The summed E-state index contributed by atoms with van der Waals surface area (Å²) >= 11 is 3.44. The van der Waals surface area contributed by atoms with E-state index in [0.717, 1.165) is 10.2 Å². The molecule has 0 aliphatic carbocycles. The van der Waals surface area contributed by atoms with Crippen molar-refractivity contribution in [3.63, 3.8) is 0 Å². The minimum Gasteiger partial charge on any atom is -0.468 e. The third kappa shape index (κ3) is 6.74. The van der Waals surface area contributed by atoms with Crippen LogP contribution in [-0.4, -0.2) is 30.3 Å². The third-order valence-electron chi connectivity index (χ3n) is 7.04. The molecule has 0 saturated carbocycles. The summed E-state index contributed by atoms with van der Waals surface area (Å²) in [7, 11) is -2.18. The Hall–Kier alpha value is -2.49. The highest BCUT2D eigenvalue weighted by atomic mass is 79.9. The van der Waals surface area contributed by atoms with Gasteiger partial charge in [-0.2, -0.15) is 0 Å². The second-order valence-corrected chi connectivity index (χ2v) is 15.2. The van der Waals surface area contributed by atoms with Crippen LogP contribution in [0.2, 0.25) is 0 Å². The summed E-state index contributed by atoms with van der Waals surface area (Å²) in [6.45, 7) is 7.18. The van der Waals surface area contributed by atoms with Gasteiger partial charge in [0.1, 0.15) is 34.6 Å². The van der Waals surface area contributed by atoms with Crippen molar-refractivity contribution >= 4 is 39.1 Å². The molecule has 0 fully saturated rings. The highest BCUT2D eigenvalue weighted by molar-refractivity contribution is 9.10. The van der Waals surface area contributed by atoms with E-state index in [1.165, 1.54) is 15.9 Å². The normalized spacial score (nSPS) is 13.6. The summed E-state index contributed by atoms with van der Waals surface area (Å²) in [5.74, 6) is 0.767. The van der Waals surface area contributed by atoms with Gasteiger partial charge in [0.25, 0.3) is 0 Å². The molecule has 0 aliphatic rings. The maximum absolute atomic E-state index is 11.9. The van der Waals surface area contributed by atoms with Crippen LogP contribution in [0.3, 0.4) is 0 Å². The third-order valence-corrected chi connectivity index (χ3v) is 12.5. The molecule has 5 heteroatoms. The summed E-state index contributed by atoms with van der Waals surface area (Å²) in [5, 5.41) is 15.7. The molecule has 38 heavy (non-hydrogen) atoms. The Labute approximate surface area is 236 Å². The van der Waals surface area contributed by atoms with Crippen LogP contribution in [0.4, 0.5) is 0 Å². The summed E-state index contributed by atoms with van der Waals surface area (Å²) in [4.78, 5) is 0. The molecule has 4 aromatic carbocycles. The van der Waals surface area contributed by atoms with Crippen LogP contribution in [0.1, 0.15) is 27.2 Å². The van der Waals surface area contributed by atoms with Crippen molar-refractivity contribution in [3.05, 3.63) is 120 Å². The van der Waals surface area contributed by atoms with Gasteiger partial charge in [-0.15, -0.1) is 0 Å². The van der Waals surface area contributed by atoms with E-state index in [0.29, 0.717) is 13.0 Å². The van der Waals surface area contributed by atoms with Crippen molar-refractivity contribution in [1.82, 2.24) is 0 Å². The van der Waals surface area contributed by atoms with Crippen LogP contribution in [-0.2, 0) is 4.74 Å². The predicted molar refractivity (Wildman–Crippen MR) is 165 cm³/mol. The quantitative estimate of drug-likeness (QED) is 0.110. The molecule has 3 nitrogen and oxygen atoms in total. The predicted octanol–water partition coefficient (Wildman–Crippen LogP) is 6.96. The van der Waals surface area contributed by atoms with Crippen molar-refractivity contribution in [1.29, 1.82) is 0 Å². The Morgan fingerprint density at radius 1 is 0.737 bits per heavy atom. The average Bonchev–Trinajstić information content (AvgIpc) is 2.94. The molecule has 0 bridgehead atoms. The number of hydrogen-bond donors (Lipinski definition) is 1. The molecule has 198 valence electrons. The van der Waals surface area contributed by atoms with Gasteiger partial charge in [-0.1, -0.05) is 84.4 Å². The Kier molecular flexibility index (Phi) is 9.79. The van der Waals surface area contributed by atoms with Crippen LogP contribution in [0.15, 0.2) is 120 Å². The molecule has 0 saturated heterocycles. The molecule has 0 heterocycles. The topological polar surface area (TPSA) is 38.7 Å². The molecule has 0 aromatic heterocycles. The lowest BCUT2D eigenvalue weighted by molar-refractivity contribution is -0.0347. The zero-order valence-electron chi connectivity index (χ0n) is 22.3. The van der Waals surface area contributed by atoms with E-state index in [2.05, 4.69) is 128 Å². The molecule has 0 unspecified atom stereocenters. The van der Waals surface area contributed by atoms with E-state index >= 15 is 0 Å². The van der Waals surface area contributed by atoms with E-state index in [9.17, 15) is 5.11 Å². The van der Waals surface area contributed by atoms with Crippen molar-refractivity contribution in [3.8, 4) is 5.75 Å². The largest absolute Gasteiger partial charge is 0.468 e. The zero-order chi connectivity index (χ0) is 27.0. The second-order valence-electron chi connectivity index (χ2n) is 10.5. The Balaban J connectivity index is 1.57. The molecule has 0 aliphatic heterocycles. The van der Waals surface area contributed by atoms with Gasteiger partial charge in [-0.3, -0.25) is 0 Å². The SMILES string of the molecule is C[C@H]([C@@H](O)CC(C)(C)COCOc1ccc(Br)cc1)[P+](c1ccccc1)(c1ccccc1)c1ccccc1. The van der Waals surface area contributed by atoms with Gasteiger partial charge in [0, 0.05) is 4.47 Å². The number of ether oxygens (including phenoxy) is 2.